The van der Waals surface area contributed by atoms with Crippen LogP contribution in [0.15, 0.2) is 30.3 Å². The second-order valence-electron chi connectivity index (χ2n) is 6.31. The zero-order valence-corrected chi connectivity index (χ0v) is 12.4. The van der Waals surface area contributed by atoms with Gasteiger partial charge in [0.15, 0.2) is 0 Å². The number of hydrogen-bond acceptors (Lipinski definition) is 3. The largest absolute Gasteiger partial charge is 0.426 e. The summed E-state index contributed by atoms with van der Waals surface area (Å²) in [4.78, 5) is 12.3. The van der Waals surface area contributed by atoms with Gasteiger partial charge in [0, 0.05) is 0 Å². The maximum atomic E-state index is 12.3. The van der Waals surface area contributed by atoms with E-state index >= 15 is 0 Å². The molecule has 0 saturated heterocycles. The number of aliphatic hydroxyl groups excluding tert-OH is 1. The van der Waals surface area contributed by atoms with Crippen LogP contribution >= 0.6 is 0 Å². The zero-order chi connectivity index (χ0) is 14.6. The fourth-order valence-electron chi connectivity index (χ4n) is 1.98. The van der Waals surface area contributed by atoms with Crippen LogP contribution in [0.2, 0.25) is 0 Å². The number of carbonyl (C=O) groups is 1. The SMILES string of the molecule is CC(C)C(C(=O)Oc1ccccc1)C(O)C(C)(C)C. The maximum Gasteiger partial charge on any atom is 0.317 e. The van der Waals surface area contributed by atoms with E-state index in [-0.39, 0.29) is 17.3 Å². The summed E-state index contributed by atoms with van der Waals surface area (Å²) >= 11 is 0. The highest BCUT2D eigenvalue weighted by Crippen LogP contribution is 2.30. The van der Waals surface area contributed by atoms with Gasteiger partial charge in [-0.2, -0.15) is 0 Å². The summed E-state index contributed by atoms with van der Waals surface area (Å²) in [5, 5.41) is 10.4. The van der Waals surface area contributed by atoms with Crippen molar-refractivity contribution in [3.05, 3.63) is 30.3 Å². The molecule has 0 fully saturated rings. The van der Waals surface area contributed by atoms with Gasteiger partial charge in [-0.25, -0.2) is 0 Å². The fraction of sp³-hybridized carbons (Fsp3) is 0.562. The average Bonchev–Trinajstić information content (AvgIpc) is 2.28. The predicted octanol–water partition coefficient (Wildman–Crippen LogP) is 3.27. The van der Waals surface area contributed by atoms with Crippen LogP contribution in [0.5, 0.6) is 5.75 Å². The van der Waals surface area contributed by atoms with Crippen LogP contribution in [0.1, 0.15) is 34.6 Å². The molecule has 0 radical (unpaired) electrons. The van der Waals surface area contributed by atoms with Gasteiger partial charge in [0.1, 0.15) is 5.75 Å². The molecular formula is C16H24O3. The van der Waals surface area contributed by atoms with Crippen molar-refractivity contribution in [1.82, 2.24) is 0 Å². The number of aliphatic hydroxyl groups is 1. The first-order chi connectivity index (χ1) is 8.73. The maximum absolute atomic E-state index is 12.3. The predicted molar refractivity (Wildman–Crippen MR) is 75.9 cm³/mol. The minimum Gasteiger partial charge on any atom is -0.426 e. The molecule has 1 rings (SSSR count). The van der Waals surface area contributed by atoms with Crippen molar-refractivity contribution >= 4 is 5.97 Å². The fourth-order valence-corrected chi connectivity index (χ4v) is 1.98. The summed E-state index contributed by atoms with van der Waals surface area (Å²) in [6.45, 7) is 9.60. The Morgan fingerprint density at radius 1 is 1.16 bits per heavy atom. The van der Waals surface area contributed by atoms with Crippen molar-refractivity contribution in [2.45, 2.75) is 40.7 Å². The molecule has 0 spiro atoms. The molecule has 0 bridgehead atoms. The minimum absolute atomic E-state index is 0.0189. The Kier molecular flexibility index (Phi) is 5.12. The molecular weight excluding hydrogens is 240 g/mol. The summed E-state index contributed by atoms with van der Waals surface area (Å²) < 4.78 is 5.36. The lowest BCUT2D eigenvalue weighted by molar-refractivity contribution is -0.148. The molecule has 0 aliphatic rings. The third kappa shape index (κ3) is 4.35. The van der Waals surface area contributed by atoms with E-state index in [1.807, 2.05) is 52.8 Å². The highest BCUT2D eigenvalue weighted by molar-refractivity contribution is 5.76. The van der Waals surface area contributed by atoms with Gasteiger partial charge in [0.2, 0.25) is 0 Å². The van der Waals surface area contributed by atoms with Crippen molar-refractivity contribution in [3.8, 4) is 5.75 Å². The van der Waals surface area contributed by atoms with Gasteiger partial charge in [-0.3, -0.25) is 4.79 Å². The van der Waals surface area contributed by atoms with Crippen LogP contribution < -0.4 is 4.74 Å². The standard InChI is InChI=1S/C16H24O3/c1-11(2)13(14(17)16(3,4)5)15(18)19-12-9-7-6-8-10-12/h6-11,13-14,17H,1-5H3. The molecule has 1 aromatic rings. The highest BCUT2D eigenvalue weighted by atomic mass is 16.5. The molecule has 19 heavy (non-hydrogen) atoms. The van der Waals surface area contributed by atoms with E-state index in [9.17, 15) is 9.90 Å². The Balaban J connectivity index is 2.86. The van der Waals surface area contributed by atoms with Crippen LogP contribution in [0.3, 0.4) is 0 Å². The molecule has 2 atom stereocenters. The van der Waals surface area contributed by atoms with E-state index < -0.39 is 12.0 Å². The van der Waals surface area contributed by atoms with E-state index in [1.54, 1.807) is 12.1 Å². The summed E-state index contributed by atoms with van der Waals surface area (Å²) in [6.07, 6.45) is -0.733. The number of carbonyl (C=O) groups excluding carboxylic acids is 1. The van der Waals surface area contributed by atoms with Gasteiger partial charge in [-0.15, -0.1) is 0 Å². The van der Waals surface area contributed by atoms with Crippen LogP contribution in [-0.4, -0.2) is 17.2 Å². The Labute approximate surface area is 115 Å². The Morgan fingerprint density at radius 3 is 2.11 bits per heavy atom. The smallest absolute Gasteiger partial charge is 0.317 e. The second-order valence-corrected chi connectivity index (χ2v) is 6.31. The molecule has 1 N–H and O–H groups in total. The van der Waals surface area contributed by atoms with Gasteiger partial charge in [-0.1, -0.05) is 52.8 Å². The average molecular weight is 264 g/mol. The van der Waals surface area contributed by atoms with E-state index in [0.717, 1.165) is 0 Å². The van der Waals surface area contributed by atoms with E-state index in [1.165, 1.54) is 0 Å². The third-order valence-electron chi connectivity index (χ3n) is 3.18. The number of rotatable bonds is 4. The summed E-state index contributed by atoms with van der Waals surface area (Å²) in [7, 11) is 0. The van der Waals surface area contributed by atoms with Gasteiger partial charge < -0.3 is 9.84 Å². The molecule has 0 amide bonds. The first-order valence-electron chi connectivity index (χ1n) is 6.68. The van der Waals surface area contributed by atoms with Gasteiger partial charge in [-0.05, 0) is 23.5 Å². The third-order valence-corrected chi connectivity index (χ3v) is 3.18. The molecule has 0 aliphatic carbocycles. The molecule has 2 unspecified atom stereocenters. The van der Waals surface area contributed by atoms with Crippen LogP contribution in [0, 0.1) is 17.3 Å². The quantitative estimate of drug-likeness (QED) is 0.670. The Hall–Kier alpha value is -1.35. The normalized spacial score (nSPS) is 15.1. The molecule has 1 aromatic carbocycles. The lowest BCUT2D eigenvalue weighted by Gasteiger charge is -2.33. The second kappa shape index (κ2) is 6.20. The van der Waals surface area contributed by atoms with Crippen molar-refractivity contribution in [3.63, 3.8) is 0 Å². The van der Waals surface area contributed by atoms with Crippen molar-refractivity contribution in [2.75, 3.05) is 0 Å². The number of ether oxygens (including phenoxy) is 1. The van der Waals surface area contributed by atoms with Crippen molar-refractivity contribution < 1.29 is 14.6 Å². The summed E-state index contributed by atoms with van der Waals surface area (Å²) in [5.74, 6) is -0.367. The van der Waals surface area contributed by atoms with Gasteiger partial charge in [0.25, 0.3) is 0 Å². The number of esters is 1. The van der Waals surface area contributed by atoms with Crippen LogP contribution in [-0.2, 0) is 4.79 Å². The molecule has 0 aromatic heterocycles. The molecule has 0 aliphatic heterocycles. The van der Waals surface area contributed by atoms with Gasteiger partial charge in [0.05, 0.1) is 12.0 Å². The summed E-state index contributed by atoms with van der Waals surface area (Å²) in [5.41, 5.74) is -0.357. The molecule has 0 heterocycles. The minimum atomic E-state index is -0.733. The van der Waals surface area contributed by atoms with Gasteiger partial charge >= 0.3 is 5.97 Å². The molecule has 3 heteroatoms. The highest BCUT2D eigenvalue weighted by Gasteiger charge is 2.38. The first kappa shape index (κ1) is 15.7. The first-order valence-corrected chi connectivity index (χ1v) is 6.68. The summed E-state index contributed by atoms with van der Waals surface area (Å²) in [6, 6.07) is 8.96. The van der Waals surface area contributed by atoms with E-state index in [2.05, 4.69) is 0 Å². The van der Waals surface area contributed by atoms with E-state index in [4.69, 9.17) is 4.74 Å². The van der Waals surface area contributed by atoms with Crippen LogP contribution in [0.25, 0.3) is 0 Å². The Morgan fingerprint density at radius 2 is 1.68 bits per heavy atom. The number of para-hydroxylation sites is 1. The monoisotopic (exact) mass is 264 g/mol. The Bertz CT molecular complexity index is 404. The molecule has 3 nitrogen and oxygen atoms in total. The number of hydrogen-bond donors (Lipinski definition) is 1. The van der Waals surface area contributed by atoms with Crippen molar-refractivity contribution in [1.29, 1.82) is 0 Å². The topological polar surface area (TPSA) is 46.5 Å². The lowest BCUT2D eigenvalue weighted by atomic mass is 9.76. The zero-order valence-electron chi connectivity index (χ0n) is 12.4. The molecule has 0 saturated carbocycles. The lowest BCUT2D eigenvalue weighted by Crippen LogP contribution is -2.42. The van der Waals surface area contributed by atoms with Crippen molar-refractivity contribution in [2.24, 2.45) is 17.3 Å². The van der Waals surface area contributed by atoms with Crippen LogP contribution in [0.4, 0.5) is 0 Å². The molecule has 106 valence electrons. The van der Waals surface area contributed by atoms with E-state index in [0.29, 0.717) is 5.75 Å². The number of benzene rings is 1.